The van der Waals surface area contributed by atoms with Crippen LogP contribution < -0.4 is 5.32 Å². The number of amides is 1. The summed E-state index contributed by atoms with van der Waals surface area (Å²) in [5.74, 6) is -0.0318. The van der Waals surface area contributed by atoms with Crippen molar-refractivity contribution in [2.24, 2.45) is 0 Å². The second kappa shape index (κ2) is 7.52. The summed E-state index contributed by atoms with van der Waals surface area (Å²) in [5.41, 5.74) is 3.84. The van der Waals surface area contributed by atoms with Crippen LogP contribution in [0.5, 0.6) is 0 Å². The van der Waals surface area contributed by atoms with Crippen LogP contribution in [0.4, 0.5) is 5.95 Å². The first-order chi connectivity index (χ1) is 13.5. The molecule has 5 nitrogen and oxygen atoms in total. The number of rotatable bonds is 3. The molecule has 0 spiro atoms. The van der Waals surface area contributed by atoms with Crippen LogP contribution in [0.3, 0.4) is 0 Å². The Hall–Kier alpha value is -3.05. The van der Waals surface area contributed by atoms with E-state index in [1.165, 1.54) is 6.20 Å². The summed E-state index contributed by atoms with van der Waals surface area (Å²) in [6, 6.07) is 14.8. The lowest BCUT2D eigenvalue weighted by atomic mass is 9.82. The van der Waals surface area contributed by atoms with Crippen LogP contribution in [0, 0.1) is 6.92 Å². The standard InChI is InChI=1S/C22H18ClN3O2/c1-13-2-4-15(5-3-13)21(28)26-22-24-12-18-19(25-22)10-16(11-20(18)27)14-6-8-17(23)9-7-14/h2-9,12,16H,10-11H2,1H3,(H,24,25,26,28). The lowest BCUT2D eigenvalue weighted by molar-refractivity contribution is 0.0962. The van der Waals surface area contributed by atoms with Gasteiger partial charge in [0, 0.05) is 23.2 Å². The number of carbonyl (C=O) groups excluding carboxylic acids is 2. The van der Waals surface area contributed by atoms with Crippen molar-refractivity contribution in [3.63, 3.8) is 0 Å². The first-order valence-electron chi connectivity index (χ1n) is 9.02. The van der Waals surface area contributed by atoms with Gasteiger partial charge in [-0.15, -0.1) is 0 Å². The fourth-order valence-electron chi connectivity index (χ4n) is 3.35. The minimum Gasteiger partial charge on any atom is -0.294 e. The van der Waals surface area contributed by atoms with Gasteiger partial charge in [-0.2, -0.15) is 0 Å². The predicted octanol–water partition coefficient (Wildman–Crippen LogP) is 4.60. The topological polar surface area (TPSA) is 72.0 Å². The average Bonchev–Trinajstić information content (AvgIpc) is 2.68. The number of aromatic nitrogens is 2. The maximum atomic E-state index is 12.5. The molecule has 1 unspecified atom stereocenters. The Morgan fingerprint density at radius 1 is 1.07 bits per heavy atom. The predicted molar refractivity (Wildman–Crippen MR) is 108 cm³/mol. The molecule has 0 saturated carbocycles. The minimum absolute atomic E-state index is 0.0117. The highest BCUT2D eigenvalue weighted by Gasteiger charge is 2.28. The third-order valence-electron chi connectivity index (χ3n) is 4.92. The molecule has 2 aromatic carbocycles. The van der Waals surface area contributed by atoms with Gasteiger partial charge in [0.2, 0.25) is 5.95 Å². The van der Waals surface area contributed by atoms with Gasteiger partial charge in [-0.05, 0) is 49.1 Å². The average molecular weight is 392 g/mol. The highest BCUT2D eigenvalue weighted by atomic mass is 35.5. The van der Waals surface area contributed by atoms with Crippen LogP contribution >= 0.6 is 11.6 Å². The first-order valence-corrected chi connectivity index (χ1v) is 9.40. The SMILES string of the molecule is Cc1ccc(C(=O)Nc2ncc3c(n2)CC(c2ccc(Cl)cc2)CC3=O)cc1. The van der Waals surface area contributed by atoms with E-state index in [2.05, 4.69) is 15.3 Å². The van der Waals surface area contributed by atoms with Gasteiger partial charge >= 0.3 is 0 Å². The maximum Gasteiger partial charge on any atom is 0.258 e. The van der Waals surface area contributed by atoms with Crippen LogP contribution in [0.2, 0.25) is 5.02 Å². The molecule has 1 N–H and O–H groups in total. The number of nitrogens with one attached hydrogen (secondary N) is 1. The van der Waals surface area contributed by atoms with Gasteiger partial charge in [0.05, 0.1) is 11.3 Å². The van der Waals surface area contributed by atoms with E-state index >= 15 is 0 Å². The summed E-state index contributed by atoms with van der Waals surface area (Å²) in [6.07, 6.45) is 2.53. The Labute approximate surface area is 167 Å². The number of aryl methyl sites for hydroxylation is 1. The van der Waals surface area contributed by atoms with E-state index in [9.17, 15) is 9.59 Å². The van der Waals surface area contributed by atoms with E-state index in [4.69, 9.17) is 11.6 Å². The summed E-state index contributed by atoms with van der Waals surface area (Å²) in [4.78, 5) is 33.5. The zero-order valence-electron chi connectivity index (χ0n) is 15.3. The molecule has 0 saturated heterocycles. The lowest BCUT2D eigenvalue weighted by Gasteiger charge is -2.23. The second-order valence-corrected chi connectivity index (χ2v) is 7.39. The van der Waals surface area contributed by atoms with E-state index in [1.807, 2.05) is 43.3 Å². The van der Waals surface area contributed by atoms with Crippen molar-refractivity contribution in [3.05, 3.63) is 87.7 Å². The normalized spacial score (nSPS) is 15.8. The van der Waals surface area contributed by atoms with Crippen molar-refractivity contribution in [3.8, 4) is 0 Å². The molecule has 1 heterocycles. The van der Waals surface area contributed by atoms with Gasteiger partial charge in [-0.25, -0.2) is 9.97 Å². The highest BCUT2D eigenvalue weighted by molar-refractivity contribution is 6.30. The molecule has 28 heavy (non-hydrogen) atoms. The van der Waals surface area contributed by atoms with Crippen molar-refractivity contribution in [2.75, 3.05) is 5.32 Å². The quantitative estimate of drug-likeness (QED) is 0.708. The number of carbonyl (C=O) groups is 2. The number of ketones is 1. The van der Waals surface area contributed by atoms with Gasteiger partial charge < -0.3 is 0 Å². The molecule has 6 heteroatoms. The van der Waals surface area contributed by atoms with Crippen molar-refractivity contribution in [2.45, 2.75) is 25.7 Å². The van der Waals surface area contributed by atoms with Crippen LogP contribution in [0.25, 0.3) is 0 Å². The Bertz CT molecular complexity index is 1050. The first kappa shape index (κ1) is 18.3. The van der Waals surface area contributed by atoms with Crippen molar-refractivity contribution in [1.82, 2.24) is 9.97 Å². The number of halogens is 1. The molecule has 1 aliphatic rings. The van der Waals surface area contributed by atoms with E-state index in [-0.39, 0.29) is 23.6 Å². The number of hydrogen-bond acceptors (Lipinski definition) is 4. The van der Waals surface area contributed by atoms with Crippen molar-refractivity contribution in [1.29, 1.82) is 0 Å². The molecule has 4 rings (SSSR count). The van der Waals surface area contributed by atoms with Crippen LogP contribution in [0.1, 0.15) is 49.9 Å². The second-order valence-electron chi connectivity index (χ2n) is 6.95. The summed E-state index contributed by atoms with van der Waals surface area (Å²) in [5, 5.41) is 3.38. The van der Waals surface area contributed by atoms with Gasteiger partial charge in [0.25, 0.3) is 5.91 Å². The Morgan fingerprint density at radius 2 is 1.79 bits per heavy atom. The molecular formula is C22H18ClN3O2. The van der Waals surface area contributed by atoms with Gasteiger partial charge in [-0.3, -0.25) is 14.9 Å². The minimum atomic E-state index is -0.281. The zero-order valence-corrected chi connectivity index (χ0v) is 16.0. The molecule has 1 amide bonds. The van der Waals surface area contributed by atoms with E-state index in [0.717, 1.165) is 11.1 Å². The summed E-state index contributed by atoms with van der Waals surface area (Å²) >= 11 is 5.96. The molecule has 1 aliphatic carbocycles. The third-order valence-corrected chi connectivity index (χ3v) is 5.17. The number of nitrogens with zero attached hydrogens (tertiary/aromatic N) is 2. The largest absolute Gasteiger partial charge is 0.294 e. The third kappa shape index (κ3) is 3.80. The van der Waals surface area contributed by atoms with E-state index < -0.39 is 0 Å². The summed E-state index contributed by atoms with van der Waals surface area (Å²) in [6.45, 7) is 1.96. The number of benzene rings is 2. The van der Waals surface area contributed by atoms with Crippen molar-refractivity contribution >= 4 is 29.2 Å². The molecule has 0 bridgehead atoms. The lowest BCUT2D eigenvalue weighted by Crippen LogP contribution is -2.22. The van der Waals surface area contributed by atoms with Gasteiger partial charge in [0.1, 0.15) is 0 Å². The zero-order chi connectivity index (χ0) is 19.7. The Kier molecular flexibility index (Phi) is 4.92. The maximum absolute atomic E-state index is 12.5. The number of fused-ring (bicyclic) bond motifs is 1. The Morgan fingerprint density at radius 3 is 2.50 bits per heavy atom. The number of Topliss-reactive ketones (excluding diaryl/α,β-unsaturated/α-hetero) is 1. The molecule has 0 radical (unpaired) electrons. The molecular weight excluding hydrogens is 374 g/mol. The molecule has 1 aromatic heterocycles. The Balaban J connectivity index is 1.56. The fraction of sp³-hybridized carbons (Fsp3) is 0.182. The van der Waals surface area contributed by atoms with Gasteiger partial charge in [0.15, 0.2) is 5.78 Å². The van der Waals surface area contributed by atoms with E-state index in [0.29, 0.717) is 34.7 Å². The van der Waals surface area contributed by atoms with Crippen LogP contribution in [0.15, 0.2) is 54.7 Å². The summed E-state index contributed by atoms with van der Waals surface area (Å²) < 4.78 is 0. The smallest absolute Gasteiger partial charge is 0.258 e. The molecule has 0 aliphatic heterocycles. The summed E-state index contributed by atoms with van der Waals surface area (Å²) in [7, 11) is 0. The molecule has 0 fully saturated rings. The van der Waals surface area contributed by atoms with E-state index in [1.54, 1.807) is 12.1 Å². The van der Waals surface area contributed by atoms with Crippen LogP contribution in [-0.4, -0.2) is 21.7 Å². The number of anilines is 1. The monoisotopic (exact) mass is 391 g/mol. The molecule has 3 aromatic rings. The molecule has 140 valence electrons. The molecule has 1 atom stereocenters. The highest BCUT2D eigenvalue weighted by Crippen LogP contribution is 2.32. The van der Waals surface area contributed by atoms with Crippen LogP contribution in [-0.2, 0) is 6.42 Å². The van der Waals surface area contributed by atoms with Crippen molar-refractivity contribution < 1.29 is 9.59 Å². The number of hydrogen-bond donors (Lipinski definition) is 1. The van der Waals surface area contributed by atoms with Gasteiger partial charge in [-0.1, -0.05) is 41.4 Å². The fourth-order valence-corrected chi connectivity index (χ4v) is 3.48.